The van der Waals surface area contributed by atoms with Crippen molar-refractivity contribution < 1.29 is 14.7 Å². The van der Waals surface area contributed by atoms with E-state index >= 15 is 0 Å². The summed E-state index contributed by atoms with van der Waals surface area (Å²) < 4.78 is 0. The quantitative estimate of drug-likeness (QED) is 0.254. The number of aliphatic hydroxyl groups is 1. The van der Waals surface area contributed by atoms with Crippen LogP contribution in [0.15, 0.2) is 0 Å². The fraction of sp³-hybridized carbons (Fsp3) is 0.800. The highest BCUT2D eigenvalue weighted by Crippen LogP contribution is 2.17. The molecule has 0 aromatic heterocycles. The molecule has 0 unspecified atom stereocenters. The molecule has 1 rings (SSSR count). The summed E-state index contributed by atoms with van der Waals surface area (Å²) in [7, 11) is 0. The Hall–Kier alpha value is -0.790. The van der Waals surface area contributed by atoms with Gasteiger partial charge in [0.05, 0.1) is 12.4 Å². The van der Waals surface area contributed by atoms with Crippen LogP contribution in [0.4, 0.5) is 0 Å². The molecule has 0 aromatic rings. The van der Waals surface area contributed by atoms with Crippen molar-refractivity contribution in [3.8, 4) is 0 Å². The Kier molecular flexibility index (Phi) is 6.31. The first kappa shape index (κ1) is 14.3. The van der Waals surface area contributed by atoms with Crippen molar-refractivity contribution in [1.29, 1.82) is 0 Å². The molecule has 17 heavy (non-hydrogen) atoms. The van der Waals surface area contributed by atoms with Crippen LogP contribution in [0.25, 0.3) is 0 Å². The van der Waals surface area contributed by atoms with Gasteiger partial charge in [-0.25, -0.2) is 5.84 Å². The number of hydrogen-bond acceptors (Lipinski definition) is 5. The third kappa shape index (κ3) is 4.53. The predicted octanol–water partition coefficient (Wildman–Crippen LogP) is -1.06. The average Bonchev–Trinajstić information content (AvgIpc) is 2.38. The number of hydrogen-bond donors (Lipinski definition) is 3. The molecule has 0 saturated carbocycles. The van der Waals surface area contributed by atoms with Crippen LogP contribution in [-0.2, 0) is 9.59 Å². The monoisotopic (exact) mass is 261 g/mol. The van der Waals surface area contributed by atoms with E-state index in [9.17, 15) is 9.59 Å². The van der Waals surface area contributed by atoms with Gasteiger partial charge in [0, 0.05) is 24.8 Å². The van der Waals surface area contributed by atoms with Crippen molar-refractivity contribution in [3.63, 3.8) is 0 Å². The zero-order valence-corrected chi connectivity index (χ0v) is 10.5. The van der Waals surface area contributed by atoms with Crippen LogP contribution in [0.5, 0.6) is 0 Å². The summed E-state index contributed by atoms with van der Waals surface area (Å²) in [6.45, 7) is 1.31. The lowest BCUT2D eigenvalue weighted by atomic mass is 9.96. The number of carbonyl (C=O) groups excluding carboxylic acids is 2. The number of nitrogens with two attached hydrogens (primary N) is 1. The predicted molar refractivity (Wildman–Crippen MR) is 66.0 cm³/mol. The number of aliphatic hydroxyl groups excluding tert-OH is 1. The van der Waals surface area contributed by atoms with Crippen molar-refractivity contribution >= 4 is 23.6 Å². The van der Waals surface area contributed by atoms with E-state index in [1.54, 1.807) is 4.90 Å². The molecule has 0 atom stereocenters. The summed E-state index contributed by atoms with van der Waals surface area (Å²) in [5.41, 5.74) is 2.15. The molecule has 2 amide bonds. The van der Waals surface area contributed by atoms with Crippen molar-refractivity contribution in [1.82, 2.24) is 10.3 Å². The Morgan fingerprint density at radius 1 is 1.41 bits per heavy atom. The van der Waals surface area contributed by atoms with E-state index in [-0.39, 0.29) is 24.3 Å². The summed E-state index contributed by atoms with van der Waals surface area (Å²) in [5, 5.41) is 8.61. The molecule has 1 aliphatic heterocycles. The van der Waals surface area contributed by atoms with E-state index in [1.165, 1.54) is 11.8 Å². The normalized spacial score (nSPS) is 16.9. The summed E-state index contributed by atoms with van der Waals surface area (Å²) in [6, 6.07) is 0. The lowest BCUT2D eigenvalue weighted by Crippen LogP contribution is -2.45. The minimum atomic E-state index is -0.147. The maximum absolute atomic E-state index is 11.7. The molecule has 0 bridgehead atoms. The maximum atomic E-state index is 11.7. The van der Waals surface area contributed by atoms with E-state index in [4.69, 9.17) is 10.9 Å². The molecular formula is C10H19N3O3S. The molecule has 0 aliphatic carbocycles. The van der Waals surface area contributed by atoms with Gasteiger partial charge < -0.3 is 10.0 Å². The molecule has 0 spiro atoms. The van der Waals surface area contributed by atoms with Crippen LogP contribution in [0.3, 0.4) is 0 Å². The van der Waals surface area contributed by atoms with Crippen LogP contribution >= 0.6 is 11.8 Å². The zero-order valence-electron chi connectivity index (χ0n) is 9.72. The topological polar surface area (TPSA) is 95.7 Å². The standard InChI is InChI=1S/C10H19N3O3S/c11-12-10(16)8-1-3-13(4-2-8)9(15)7-17-6-5-14/h8,14H,1-7,11H2,(H,12,16). The van der Waals surface area contributed by atoms with Crippen molar-refractivity contribution in [2.45, 2.75) is 12.8 Å². The Morgan fingerprint density at radius 2 is 2.06 bits per heavy atom. The smallest absolute Gasteiger partial charge is 0.237 e. The summed E-state index contributed by atoms with van der Waals surface area (Å²) >= 11 is 1.43. The Morgan fingerprint density at radius 3 is 2.59 bits per heavy atom. The molecule has 1 fully saturated rings. The zero-order chi connectivity index (χ0) is 12.7. The number of nitrogens with zero attached hydrogens (tertiary/aromatic N) is 1. The van der Waals surface area contributed by atoms with E-state index in [2.05, 4.69) is 5.43 Å². The fourth-order valence-electron chi connectivity index (χ4n) is 1.82. The minimum Gasteiger partial charge on any atom is -0.396 e. The van der Waals surface area contributed by atoms with Crippen LogP contribution in [0.2, 0.25) is 0 Å². The number of thioether (sulfide) groups is 1. The number of hydrazine groups is 1. The number of carbonyl (C=O) groups is 2. The summed E-state index contributed by atoms with van der Waals surface area (Å²) in [4.78, 5) is 24.8. The van der Waals surface area contributed by atoms with Crippen LogP contribution in [0, 0.1) is 5.92 Å². The average molecular weight is 261 g/mol. The Bertz CT molecular complexity index is 268. The molecule has 4 N–H and O–H groups in total. The number of piperidine rings is 1. The fourth-order valence-corrected chi connectivity index (χ4v) is 2.45. The summed E-state index contributed by atoms with van der Waals surface area (Å²) in [5.74, 6) is 5.91. The highest BCUT2D eigenvalue weighted by Gasteiger charge is 2.26. The first-order valence-corrected chi connectivity index (χ1v) is 6.81. The van der Waals surface area contributed by atoms with Crippen LogP contribution in [-0.4, -0.2) is 53.0 Å². The first-order chi connectivity index (χ1) is 8.19. The van der Waals surface area contributed by atoms with Gasteiger partial charge in [0.1, 0.15) is 0 Å². The first-order valence-electron chi connectivity index (χ1n) is 5.66. The van der Waals surface area contributed by atoms with Gasteiger partial charge in [0.2, 0.25) is 11.8 Å². The van der Waals surface area contributed by atoms with Gasteiger partial charge in [-0.3, -0.25) is 15.0 Å². The molecule has 6 nitrogen and oxygen atoms in total. The SMILES string of the molecule is NNC(=O)C1CCN(C(=O)CSCCO)CC1. The molecule has 7 heteroatoms. The van der Waals surface area contributed by atoms with Gasteiger partial charge in [-0.05, 0) is 12.8 Å². The second kappa shape index (κ2) is 7.52. The number of rotatable bonds is 5. The second-order valence-corrected chi connectivity index (χ2v) is 5.05. The van der Waals surface area contributed by atoms with E-state index in [0.29, 0.717) is 37.4 Å². The molecule has 98 valence electrons. The lowest BCUT2D eigenvalue weighted by Gasteiger charge is -2.31. The van der Waals surface area contributed by atoms with Gasteiger partial charge in [0.25, 0.3) is 0 Å². The Balaban J connectivity index is 2.26. The van der Waals surface area contributed by atoms with Crippen LogP contribution in [0.1, 0.15) is 12.8 Å². The van der Waals surface area contributed by atoms with Gasteiger partial charge in [-0.15, -0.1) is 11.8 Å². The molecular weight excluding hydrogens is 242 g/mol. The maximum Gasteiger partial charge on any atom is 0.237 e. The van der Waals surface area contributed by atoms with Crippen molar-refractivity contribution in [2.75, 3.05) is 31.2 Å². The number of amides is 2. The van der Waals surface area contributed by atoms with Gasteiger partial charge in [0.15, 0.2) is 0 Å². The van der Waals surface area contributed by atoms with Gasteiger partial charge >= 0.3 is 0 Å². The highest BCUT2D eigenvalue weighted by molar-refractivity contribution is 7.99. The van der Waals surface area contributed by atoms with Crippen molar-refractivity contribution in [2.24, 2.45) is 11.8 Å². The third-order valence-corrected chi connectivity index (χ3v) is 3.74. The van der Waals surface area contributed by atoms with Crippen LogP contribution < -0.4 is 11.3 Å². The molecule has 0 radical (unpaired) electrons. The summed E-state index contributed by atoms with van der Waals surface area (Å²) in [6.07, 6.45) is 1.33. The second-order valence-electron chi connectivity index (χ2n) is 3.94. The molecule has 0 aromatic carbocycles. The molecule has 1 heterocycles. The van der Waals surface area contributed by atoms with E-state index in [0.717, 1.165) is 0 Å². The number of nitrogens with one attached hydrogen (secondary N) is 1. The molecule has 1 aliphatic rings. The van der Waals surface area contributed by atoms with Gasteiger partial charge in [-0.1, -0.05) is 0 Å². The lowest BCUT2D eigenvalue weighted by molar-refractivity contribution is -0.133. The van der Waals surface area contributed by atoms with E-state index < -0.39 is 0 Å². The minimum absolute atomic E-state index is 0.0749. The van der Waals surface area contributed by atoms with Crippen molar-refractivity contribution in [3.05, 3.63) is 0 Å². The largest absolute Gasteiger partial charge is 0.396 e. The van der Waals surface area contributed by atoms with E-state index in [1.807, 2.05) is 0 Å². The molecule has 1 saturated heterocycles. The van der Waals surface area contributed by atoms with Gasteiger partial charge in [-0.2, -0.15) is 0 Å². The third-order valence-electron chi connectivity index (χ3n) is 2.82. The highest BCUT2D eigenvalue weighted by atomic mass is 32.2. The Labute approximate surface area is 105 Å². The number of likely N-dealkylation sites (tertiary alicyclic amines) is 1.